The molecule has 234 valence electrons. The maximum atomic E-state index is 2.50. The monoisotopic (exact) mass is 636 g/mol. The Bertz CT molecular complexity index is 2780. The third-order valence-electron chi connectivity index (χ3n) is 10.1. The van der Waals surface area contributed by atoms with E-state index >= 15 is 0 Å². The Kier molecular flexibility index (Phi) is 6.53. The minimum absolute atomic E-state index is 1.17. The minimum Gasteiger partial charge on any atom is -0.309 e. The fourth-order valence-corrected chi connectivity index (χ4v) is 7.98. The van der Waals surface area contributed by atoms with Crippen molar-refractivity contribution in [2.75, 3.05) is 0 Å². The molecule has 0 amide bonds. The van der Waals surface area contributed by atoms with Crippen LogP contribution in [0.4, 0.5) is 0 Å². The molecule has 50 heavy (non-hydrogen) atoms. The van der Waals surface area contributed by atoms with Crippen molar-refractivity contribution in [2.24, 2.45) is 0 Å². The lowest BCUT2D eigenvalue weighted by atomic mass is 9.95. The lowest BCUT2D eigenvalue weighted by Gasteiger charge is -2.19. The molecule has 0 saturated heterocycles. The van der Waals surface area contributed by atoms with Crippen molar-refractivity contribution in [3.8, 4) is 44.8 Å². The highest BCUT2D eigenvalue weighted by molar-refractivity contribution is 6.18. The van der Waals surface area contributed by atoms with Gasteiger partial charge in [-0.05, 0) is 64.7 Å². The van der Waals surface area contributed by atoms with Crippen LogP contribution in [-0.2, 0) is 0 Å². The number of nitrogens with zero attached hydrogens (tertiary/aromatic N) is 2. The summed E-state index contributed by atoms with van der Waals surface area (Å²) in [6.07, 6.45) is 0. The van der Waals surface area contributed by atoms with Gasteiger partial charge in [0.05, 0.1) is 27.8 Å². The molecule has 0 atom stereocenters. The predicted molar refractivity (Wildman–Crippen MR) is 211 cm³/mol. The lowest BCUT2D eigenvalue weighted by molar-refractivity contribution is 1.18. The van der Waals surface area contributed by atoms with Gasteiger partial charge in [-0.1, -0.05) is 152 Å². The van der Waals surface area contributed by atoms with E-state index in [9.17, 15) is 0 Å². The second-order valence-corrected chi connectivity index (χ2v) is 12.9. The van der Waals surface area contributed by atoms with Gasteiger partial charge >= 0.3 is 0 Å². The zero-order chi connectivity index (χ0) is 33.0. The second-order valence-electron chi connectivity index (χ2n) is 12.9. The molecule has 8 aromatic carbocycles. The molecule has 0 saturated carbocycles. The lowest BCUT2D eigenvalue weighted by Crippen LogP contribution is -2.00. The first-order valence-electron chi connectivity index (χ1n) is 17.2. The molecule has 0 radical (unpaired) electrons. The van der Waals surface area contributed by atoms with Crippen LogP contribution in [0.5, 0.6) is 0 Å². The second kappa shape index (κ2) is 11.5. The number of hydrogen-bond donors (Lipinski definition) is 0. The zero-order valence-corrected chi connectivity index (χ0v) is 27.4. The average molecular weight is 637 g/mol. The highest BCUT2D eigenvalue weighted by atomic mass is 15.0. The van der Waals surface area contributed by atoms with Crippen LogP contribution in [0.1, 0.15) is 0 Å². The third-order valence-corrected chi connectivity index (χ3v) is 10.1. The SMILES string of the molecule is c1ccc(-c2cccc(-c3ccccc3)c2-n2c3ccccc3c3c(-c4ccc5c(c4)c4ccccc4n5-c4ccccc4)cccc32)cc1. The van der Waals surface area contributed by atoms with Gasteiger partial charge in [0.2, 0.25) is 0 Å². The van der Waals surface area contributed by atoms with Gasteiger partial charge in [-0.25, -0.2) is 0 Å². The highest BCUT2D eigenvalue weighted by Crippen LogP contribution is 2.44. The Hall–Kier alpha value is -6.64. The zero-order valence-electron chi connectivity index (χ0n) is 27.4. The van der Waals surface area contributed by atoms with E-state index in [-0.39, 0.29) is 0 Å². The van der Waals surface area contributed by atoms with Gasteiger partial charge in [-0.15, -0.1) is 0 Å². The van der Waals surface area contributed by atoms with Crippen LogP contribution >= 0.6 is 0 Å². The smallest absolute Gasteiger partial charge is 0.0618 e. The molecule has 0 unspecified atom stereocenters. The van der Waals surface area contributed by atoms with Gasteiger partial charge < -0.3 is 9.13 Å². The van der Waals surface area contributed by atoms with Crippen LogP contribution < -0.4 is 0 Å². The molecule has 10 aromatic rings. The van der Waals surface area contributed by atoms with Crippen LogP contribution in [0.3, 0.4) is 0 Å². The Labute approximate surface area is 290 Å². The molecule has 2 aromatic heterocycles. The molecular formula is C48H32N2. The molecular weight excluding hydrogens is 605 g/mol. The van der Waals surface area contributed by atoms with E-state index in [1.54, 1.807) is 0 Å². The third kappa shape index (κ3) is 4.36. The predicted octanol–water partition coefficient (Wildman–Crippen LogP) is 12.9. The van der Waals surface area contributed by atoms with Crippen LogP contribution in [-0.4, -0.2) is 9.13 Å². The first-order chi connectivity index (χ1) is 24.8. The number of aromatic nitrogens is 2. The van der Waals surface area contributed by atoms with Crippen molar-refractivity contribution >= 4 is 43.6 Å². The van der Waals surface area contributed by atoms with E-state index in [1.165, 1.54) is 88.4 Å². The summed E-state index contributed by atoms with van der Waals surface area (Å²) in [7, 11) is 0. The van der Waals surface area contributed by atoms with Gasteiger partial charge in [0.15, 0.2) is 0 Å². The fourth-order valence-electron chi connectivity index (χ4n) is 7.98. The number of para-hydroxylation sites is 4. The molecule has 0 fully saturated rings. The first-order valence-corrected chi connectivity index (χ1v) is 17.2. The first kappa shape index (κ1) is 28.4. The maximum Gasteiger partial charge on any atom is 0.0618 e. The van der Waals surface area contributed by atoms with Crippen molar-refractivity contribution in [1.29, 1.82) is 0 Å². The van der Waals surface area contributed by atoms with Crippen molar-refractivity contribution in [3.05, 3.63) is 194 Å². The Morgan fingerprint density at radius 1 is 0.280 bits per heavy atom. The number of hydrogen-bond acceptors (Lipinski definition) is 0. The summed E-state index contributed by atoms with van der Waals surface area (Å²) in [5, 5.41) is 5.01. The Morgan fingerprint density at radius 2 is 0.780 bits per heavy atom. The number of rotatable bonds is 5. The topological polar surface area (TPSA) is 9.86 Å². The summed E-state index contributed by atoms with van der Waals surface area (Å²) in [6, 6.07) is 70.4. The molecule has 2 heteroatoms. The molecule has 0 aliphatic heterocycles. The molecule has 0 bridgehead atoms. The van der Waals surface area contributed by atoms with Crippen LogP contribution in [0.15, 0.2) is 194 Å². The van der Waals surface area contributed by atoms with Gasteiger partial charge in [0.25, 0.3) is 0 Å². The number of fused-ring (bicyclic) bond motifs is 6. The molecule has 0 spiro atoms. The quantitative estimate of drug-likeness (QED) is 0.178. The summed E-state index contributed by atoms with van der Waals surface area (Å²) in [6.45, 7) is 0. The number of benzene rings is 8. The molecule has 0 aliphatic rings. The highest BCUT2D eigenvalue weighted by Gasteiger charge is 2.22. The minimum atomic E-state index is 1.17. The van der Waals surface area contributed by atoms with E-state index in [0.717, 1.165) is 0 Å². The fraction of sp³-hybridized carbons (Fsp3) is 0. The van der Waals surface area contributed by atoms with E-state index in [2.05, 4.69) is 203 Å². The summed E-state index contributed by atoms with van der Waals surface area (Å²) in [5.74, 6) is 0. The van der Waals surface area contributed by atoms with E-state index in [0.29, 0.717) is 0 Å². The van der Waals surface area contributed by atoms with Crippen molar-refractivity contribution in [2.45, 2.75) is 0 Å². The average Bonchev–Trinajstić information content (AvgIpc) is 3.71. The molecule has 10 rings (SSSR count). The standard InChI is InChI=1S/C48H32N2/c1-4-16-33(17-5-1)38-25-14-26-39(34-18-6-2-7-19-34)48(38)50-44-28-13-11-23-41(44)47-37(24-15-29-46(47)50)35-30-31-45-42(32-35)40-22-10-12-27-43(40)49(45)36-20-8-3-9-21-36/h1-32H. The molecule has 0 aliphatic carbocycles. The Morgan fingerprint density at radius 3 is 1.46 bits per heavy atom. The Balaban J connectivity index is 1.28. The summed E-state index contributed by atoms with van der Waals surface area (Å²) >= 11 is 0. The molecule has 2 nitrogen and oxygen atoms in total. The molecule has 2 heterocycles. The molecule has 0 N–H and O–H groups in total. The van der Waals surface area contributed by atoms with Crippen molar-refractivity contribution < 1.29 is 0 Å². The van der Waals surface area contributed by atoms with Crippen molar-refractivity contribution in [1.82, 2.24) is 9.13 Å². The normalized spacial score (nSPS) is 11.6. The van der Waals surface area contributed by atoms with E-state index in [4.69, 9.17) is 0 Å². The van der Waals surface area contributed by atoms with E-state index < -0.39 is 0 Å². The van der Waals surface area contributed by atoms with Crippen LogP contribution in [0.2, 0.25) is 0 Å². The van der Waals surface area contributed by atoms with Gasteiger partial charge in [-0.3, -0.25) is 0 Å². The van der Waals surface area contributed by atoms with Crippen LogP contribution in [0.25, 0.3) is 88.4 Å². The van der Waals surface area contributed by atoms with Crippen LogP contribution in [0, 0.1) is 0 Å². The van der Waals surface area contributed by atoms with E-state index in [1.807, 2.05) is 0 Å². The maximum absolute atomic E-state index is 2.50. The summed E-state index contributed by atoms with van der Waals surface area (Å²) in [5.41, 5.74) is 14.4. The largest absolute Gasteiger partial charge is 0.309 e. The van der Waals surface area contributed by atoms with Gasteiger partial charge in [-0.2, -0.15) is 0 Å². The summed E-state index contributed by atoms with van der Waals surface area (Å²) < 4.78 is 4.88. The summed E-state index contributed by atoms with van der Waals surface area (Å²) in [4.78, 5) is 0. The van der Waals surface area contributed by atoms with Gasteiger partial charge in [0, 0.05) is 38.4 Å². The van der Waals surface area contributed by atoms with Gasteiger partial charge in [0.1, 0.15) is 0 Å². The van der Waals surface area contributed by atoms with Crippen molar-refractivity contribution in [3.63, 3.8) is 0 Å².